The molecule has 6 rings (SSSR count). The molecule has 200 valence electrons. The second-order valence-electron chi connectivity index (χ2n) is 10.1. The molecule has 11 heteroatoms. The fraction of sp³-hybridized carbons (Fsp3) is 0.444. The Hall–Kier alpha value is -3.54. The maximum atomic E-state index is 15.5. The number of hydrogen-bond donors (Lipinski definition) is 3. The van der Waals surface area contributed by atoms with Crippen LogP contribution in [0, 0.1) is 0 Å². The summed E-state index contributed by atoms with van der Waals surface area (Å²) in [6.45, 7) is 1.91. The minimum atomic E-state index is -1.67. The van der Waals surface area contributed by atoms with Crippen LogP contribution in [0.5, 0.6) is 5.75 Å². The molecule has 2 aliphatic heterocycles. The quantitative estimate of drug-likeness (QED) is 0.351. The molecule has 0 spiro atoms. The Kier molecular flexibility index (Phi) is 6.50. The van der Waals surface area contributed by atoms with E-state index in [1.807, 2.05) is 43.6 Å². The zero-order valence-electron chi connectivity index (χ0n) is 21.4. The number of aromatic nitrogens is 4. The predicted octanol–water partition coefficient (Wildman–Crippen LogP) is 3.09. The minimum Gasteiger partial charge on any atom is -0.491 e. The van der Waals surface area contributed by atoms with E-state index in [0.29, 0.717) is 17.2 Å². The van der Waals surface area contributed by atoms with Crippen molar-refractivity contribution in [2.24, 2.45) is 0 Å². The number of aliphatic hydroxyl groups is 1. The number of fused-ring (bicyclic) bond motifs is 2. The minimum absolute atomic E-state index is 0.0204. The first-order valence-electron chi connectivity index (χ1n) is 12.9. The number of ether oxygens (including phenoxy) is 2. The maximum Gasteiger partial charge on any atom is 0.173 e. The molecule has 4 aromatic rings. The van der Waals surface area contributed by atoms with Gasteiger partial charge in [0.05, 0.1) is 10.9 Å². The SMILES string of the molecule is CNc1ccc2ccc(OC[C@H]3O[C@@H](n4cc(C5CCN(C)CC5)c5c(N)ncnc54)[C@@H](F)[C@@H]3O)cc2n1. The lowest BCUT2D eigenvalue weighted by atomic mass is 9.90. The average Bonchev–Trinajstić information content (AvgIpc) is 3.45. The van der Waals surface area contributed by atoms with Gasteiger partial charge in [-0.2, -0.15) is 0 Å². The number of hydrogen-bond acceptors (Lipinski definition) is 9. The number of aliphatic hydroxyl groups excluding tert-OH is 1. The largest absolute Gasteiger partial charge is 0.491 e. The van der Waals surface area contributed by atoms with Crippen molar-refractivity contribution in [1.29, 1.82) is 0 Å². The molecule has 0 radical (unpaired) electrons. The third-order valence-corrected chi connectivity index (χ3v) is 7.73. The number of benzene rings is 1. The van der Waals surface area contributed by atoms with Crippen molar-refractivity contribution in [2.45, 2.75) is 43.4 Å². The Bertz CT molecular complexity index is 1460. The maximum absolute atomic E-state index is 15.5. The highest BCUT2D eigenvalue weighted by molar-refractivity contribution is 5.90. The molecule has 3 aromatic heterocycles. The molecule has 4 N–H and O–H groups in total. The topological polar surface area (TPSA) is 124 Å². The number of nitrogens with one attached hydrogen (secondary N) is 1. The van der Waals surface area contributed by atoms with E-state index in [-0.39, 0.29) is 12.5 Å². The number of nitrogens with zero attached hydrogens (tertiary/aromatic N) is 5. The zero-order valence-corrected chi connectivity index (χ0v) is 21.4. The Morgan fingerprint density at radius 3 is 2.79 bits per heavy atom. The van der Waals surface area contributed by atoms with E-state index in [2.05, 4.69) is 32.2 Å². The first kappa shape index (κ1) is 24.8. The molecule has 0 unspecified atom stereocenters. The molecular weight excluding hydrogens is 489 g/mol. The van der Waals surface area contributed by atoms with E-state index in [9.17, 15) is 5.11 Å². The number of piperidine rings is 1. The number of nitrogen functional groups attached to an aromatic ring is 1. The number of rotatable bonds is 6. The Morgan fingerprint density at radius 1 is 1.21 bits per heavy atom. The monoisotopic (exact) mass is 521 g/mol. The molecule has 2 fully saturated rings. The summed E-state index contributed by atoms with van der Waals surface area (Å²) >= 11 is 0. The van der Waals surface area contributed by atoms with E-state index >= 15 is 4.39 Å². The van der Waals surface area contributed by atoms with E-state index in [0.717, 1.165) is 53.6 Å². The molecule has 1 aromatic carbocycles. The lowest BCUT2D eigenvalue weighted by molar-refractivity contribution is -0.0411. The van der Waals surface area contributed by atoms with Crippen LogP contribution < -0.4 is 15.8 Å². The highest BCUT2D eigenvalue weighted by atomic mass is 19.1. The third-order valence-electron chi connectivity index (χ3n) is 7.73. The molecule has 38 heavy (non-hydrogen) atoms. The van der Waals surface area contributed by atoms with Crippen molar-refractivity contribution < 1.29 is 19.0 Å². The van der Waals surface area contributed by atoms with Gasteiger partial charge in [0, 0.05) is 24.7 Å². The van der Waals surface area contributed by atoms with Crippen LogP contribution in [0.2, 0.25) is 0 Å². The second-order valence-corrected chi connectivity index (χ2v) is 10.1. The standard InChI is InChI=1S/C27H32FN7O3/c1-30-21-6-4-16-3-5-17(11-19(16)33-21)37-13-20-24(36)23(28)27(38-20)35-12-18(15-7-9-34(2)10-8-15)22-25(29)31-14-32-26(22)35/h3-6,11-12,14-15,20,23-24,27,36H,7-10,13H2,1-2H3,(H,30,33)(H2,29,31,32)/t20-,23+,24-,27-/m1/s1. The molecule has 10 nitrogen and oxygen atoms in total. The van der Waals surface area contributed by atoms with Gasteiger partial charge in [-0.1, -0.05) is 0 Å². The van der Waals surface area contributed by atoms with Gasteiger partial charge in [0.25, 0.3) is 0 Å². The molecule has 5 heterocycles. The summed E-state index contributed by atoms with van der Waals surface area (Å²) in [5.74, 6) is 1.93. The molecule has 0 aliphatic carbocycles. The molecule has 0 bridgehead atoms. The van der Waals surface area contributed by atoms with Crippen LogP contribution in [-0.4, -0.2) is 81.7 Å². The van der Waals surface area contributed by atoms with Crippen LogP contribution in [0.25, 0.3) is 21.9 Å². The highest BCUT2D eigenvalue weighted by Gasteiger charge is 2.46. The summed E-state index contributed by atoms with van der Waals surface area (Å²) in [4.78, 5) is 15.4. The number of anilines is 2. The first-order chi connectivity index (χ1) is 18.4. The molecule has 0 amide bonds. The van der Waals surface area contributed by atoms with Crippen molar-refractivity contribution in [3.05, 3.63) is 48.4 Å². The van der Waals surface area contributed by atoms with E-state index < -0.39 is 24.6 Å². The van der Waals surface area contributed by atoms with Gasteiger partial charge in [-0.15, -0.1) is 0 Å². The van der Waals surface area contributed by atoms with E-state index in [1.54, 1.807) is 4.57 Å². The predicted molar refractivity (Wildman–Crippen MR) is 143 cm³/mol. The summed E-state index contributed by atoms with van der Waals surface area (Å²) in [5.41, 5.74) is 8.55. The van der Waals surface area contributed by atoms with Gasteiger partial charge in [0.1, 0.15) is 48.2 Å². The lowest BCUT2D eigenvalue weighted by Gasteiger charge is -2.28. The van der Waals surface area contributed by atoms with E-state index in [4.69, 9.17) is 15.2 Å². The number of likely N-dealkylation sites (tertiary alicyclic amines) is 1. The molecular formula is C27H32FN7O3. The number of nitrogens with two attached hydrogens (primary N) is 1. The van der Waals surface area contributed by atoms with Crippen LogP contribution in [0.4, 0.5) is 16.0 Å². The van der Waals surface area contributed by atoms with Crippen LogP contribution >= 0.6 is 0 Å². The lowest BCUT2D eigenvalue weighted by Crippen LogP contribution is -2.32. The Balaban J connectivity index is 1.24. The van der Waals surface area contributed by atoms with Gasteiger partial charge in [0.2, 0.25) is 0 Å². The smallest absolute Gasteiger partial charge is 0.173 e. The van der Waals surface area contributed by atoms with Crippen molar-refractivity contribution >= 4 is 33.6 Å². The number of alkyl halides is 1. The van der Waals surface area contributed by atoms with Gasteiger partial charge in [-0.25, -0.2) is 19.3 Å². The van der Waals surface area contributed by atoms with Crippen LogP contribution in [0.3, 0.4) is 0 Å². The summed E-state index contributed by atoms with van der Waals surface area (Å²) in [6, 6.07) is 9.41. The van der Waals surface area contributed by atoms with Gasteiger partial charge in [0.15, 0.2) is 12.4 Å². The normalized spacial score (nSPS) is 24.8. The summed E-state index contributed by atoms with van der Waals surface area (Å²) in [5, 5.41) is 15.5. The van der Waals surface area contributed by atoms with Crippen LogP contribution in [0.1, 0.15) is 30.6 Å². The molecule has 2 saturated heterocycles. The van der Waals surface area contributed by atoms with Gasteiger partial charge >= 0.3 is 0 Å². The molecule has 2 aliphatic rings. The Labute approximate surface area is 219 Å². The van der Waals surface area contributed by atoms with E-state index in [1.165, 1.54) is 6.33 Å². The fourth-order valence-electron chi connectivity index (χ4n) is 5.53. The summed E-state index contributed by atoms with van der Waals surface area (Å²) < 4.78 is 29.2. The molecule has 4 atom stereocenters. The van der Waals surface area contributed by atoms with Gasteiger partial charge in [-0.3, -0.25) is 0 Å². The zero-order chi connectivity index (χ0) is 26.4. The second kappa shape index (κ2) is 9.97. The highest BCUT2D eigenvalue weighted by Crippen LogP contribution is 2.40. The van der Waals surface area contributed by atoms with Crippen molar-refractivity contribution in [2.75, 3.05) is 44.8 Å². The van der Waals surface area contributed by atoms with Crippen LogP contribution in [-0.2, 0) is 4.74 Å². The van der Waals surface area contributed by atoms with Gasteiger partial charge < -0.3 is 35.1 Å². The summed E-state index contributed by atoms with van der Waals surface area (Å²) in [6.07, 6.45) is 0.216. The van der Waals surface area contributed by atoms with Crippen LogP contribution in [0.15, 0.2) is 42.9 Å². The Morgan fingerprint density at radius 2 is 2.00 bits per heavy atom. The third kappa shape index (κ3) is 4.40. The van der Waals surface area contributed by atoms with Gasteiger partial charge in [-0.05, 0) is 68.7 Å². The van der Waals surface area contributed by atoms with Crippen molar-refractivity contribution in [3.63, 3.8) is 0 Å². The summed E-state index contributed by atoms with van der Waals surface area (Å²) in [7, 11) is 3.91. The number of pyridine rings is 1. The van der Waals surface area contributed by atoms with Crippen molar-refractivity contribution in [3.8, 4) is 5.75 Å². The fourth-order valence-corrected chi connectivity index (χ4v) is 5.53. The van der Waals surface area contributed by atoms with Crippen molar-refractivity contribution in [1.82, 2.24) is 24.4 Å². The number of halogens is 1. The average molecular weight is 522 g/mol. The molecule has 0 saturated carbocycles. The first-order valence-corrected chi connectivity index (χ1v) is 12.9.